The van der Waals surface area contributed by atoms with Crippen LogP contribution in [0.1, 0.15) is 16.1 Å². The van der Waals surface area contributed by atoms with Gasteiger partial charge in [0, 0.05) is 5.56 Å². The Morgan fingerprint density at radius 1 is 1.35 bits per heavy atom. The standard InChI is InChI=1S/C11H11N3O2S/c1-6-10(13)17-11(14-6)16-8-4-2-7(3-5-8)9(12)15/h2-5H,13H2,1H3,(H2,12,15). The Morgan fingerprint density at radius 3 is 2.47 bits per heavy atom. The third-order valence-electron chi connectivity index (χ3n) is 2.16. The average molecular weight is 249 g/mol. The van der Waals surface area contributed by atoms with Crippen LogP contribution in [0.25, 0.3) is 0 Å². The van der Waals surface area contributed by atoms with Crippen molar-refractivity contribution in [1.82, 2.24) is 4.98 Å². The van der Waals surface area contributed by atoms with Crippen LogP contribution in [-0.2, 0) is 0 Å². The molecule has 0 atom stereocenters. The van der Waals surface area contributed by atoms with Crippen molar-refractivity contribution in [2.45, 2.75) is 6.92 Å². The second-order valence-corrected chi connectivity index (χ2v) is 4.41. The lowest BCUT2D eigenvalue weighted by Gasteiger charge is -2.01. The number of nitrogen functional groups attached to an aromatic ring is 1. The quantitative estimate of drug-likeness (QED) is 0.869. The first kappa shape index (κ1) is 11.4. The molecule has 17 heavy (non-hydrogen) atoms. The van der Waals surface area contributed by atoms with Crippen molar-refractivity contribution in [2.24, 2.45) is 5.73 Å². The highest BCUT2D eigenvalue weighted by atomic mass is 32.1. The van der Waals surface area contributed by atoms with Crippen LogP contribution >= 0.6 is 11.3 Å². The van der Waals surface area contributed by atoms with E-state index < -0.39 is 5.91 Å². The lowest BCUT2D eigenvalue weighted by atomic mass is 10.2. The smallest absolute Gasteiger partial charge is 0.280 e. The van der Waals surface area contributed by atoms with Gasteiger partial charge < -0.3 is 16.2 Å². The zero-order valence-electron chi connectivity index (χ0n) is 9.14. The monoisotopic (exact) mass is 249 g/mol. The van der Waals surface area contributed by atoms with Gasteiger partial charge in [-0.15, -0.1) is 0 Å². The summed E-state index contributed by atoms with van der Waals surface area (Å²) in [5.41, 5.74) is 12.0. The molecule has 1 heterocycles. The number of carbonyl (C=O) groups is 1. The Labute approximate surface area is 102 Å². The highest BCUT2D eigenvalue weighted by molar-refractivity contribution is 7.17. The van der Waals surface area contributed by atoms with E-state index in [9.17, 15) is 4.79 Å². The molecule has 0 radical (unpaired) electrons. The van der Waals surface area contributed by atoms with Gasteiger partial charge in [-0.1, -0.05) is 11.3 Å². The SMILES string of the molecule is Cc1nc(Oc2ccc(C(N)=O)cc2)sc1N. The maximum Gasteiger partial charge on any atom is 0.280 e. The molecule has 0 spiro atoms. The minimum absolute atomic E-state index is 0.437. The van der Waals surface area contributed by atoms with Gasteiger partial charge in [-0.3, -0.25) is 4.79 Å². The summed E-state index contributed by atoms with van der Waals surface area (Å²) >= 11 is 1.27. The van der Waals surface area contributed by atoms with Crippen LogP contribution in [0.15, 0.2) is 24.3 Å². The number of nitrogens with two attached hydrogens (primary N) is 2. The molecule has 4 N–H and O–H groups in total. The minimum atomic E-state index is -0.467. The highest BCUT2D eigenvalue weighted by Crippen LogP contribution is 2.30. The number of amides is 1. The molecule has 6 heteroatoms. The van der Waals surface area contributed by atoms with Gasteiger partial charge in [0.25, 0.3) is 5.19 Å². The highest BCUT2D eigenvalue weighted by Gasteiger charge is 2.07. The second-order valence-electron chi connectivity index (χ2n) is 3.42. The van der Waals surface area contributed by atoms with E-state index in [2.05, 4.69) is 4.98 Å². The maximum atomic E-state index is 10.9. The normalized spacial score (nSPS) is 10.2. The summed E-state index contributed by atoms with van der Waals surface area (Å²) in [6.07, 6.45) is 0. The first-order valence-corrected chi connectivity index (χ1v) is 5.68. The van der Waals surface area contributed by atoms with Gasteiger partial charge in [-0.2, -0.15) is 0 Å². The van der Waals surface area contributed by atoms with E-state index in [1.165, 1.54) is 11.3 Å². The molecular formula is C11H11N3O2S. The number of rotatable bonds is 3. The predicted molar refractivity (Wildman–Crippen MR) is 66.3 cm³/mol. The summed E-state index contributed by atoms with van der Waals surface area (Å²) < 4.78 is 5.49. The lowest BCUT2D eigenvalue weighted by Crippen LogP contribution is -2.10. The summed E-state index contributed by atoms with van der Waals surface area (Å²) in [5.74, 6) is 0.120. The summed E-state index contributed by atoms with van der Waals surface area (Å²) in [4.78, 5) is 15.0. The van der Waals surface area contributed by atoms with E-state index in [0.717, 1.165) is 5.69 Å². The van der Waals surface area contributed by atoms with Crippen LogP contribution in [0.4, 0.5) is 5.00 Å². The maximum absolute atomic E-state index is 10.9. The Morgan fingerprint density at radius 2 is 2.00 bits per heavy atom. The topological polar surface area (TPSA) is 91.2 Å². The average Bonchev–Trinajstić information content (AvgIpc) is 2.58. The van der Waals surface area contributed by atoms with Crippen molar-refractivity contribution in [3.63, 3.8) is 0 Å². The molecule has 1 aromatic heterocycles. The third kappa shape index (κ3) is 2.54. The summed E-state index contributed by atoms with van der Waals surface area (Å²) in [7, 11) is 0. The van der Waals surface area contributed by atoms with Gasteiger partial charge in [0.15, 0.2) is 0 Å². The van der Waals surface area contributed by atoms with E-state index in [1.807, 2.05) is 6.92 Å². The Hall–Kier alpha value is -2.08. The van der Waals surface area contributed by atoms with Crippen molar-refractivity contribution in [2.75, 3.05) is 5.73 Å². The summed E-state index contributed by atoms with van der Waals surface area (Å²) in [6.45, 7) is 1.81. The molecule has 88 valence electrons. The fourth-order valence-electron chi connectivity index (χ4n) is 1.21. The zero-order valence-corrected chi connectivity index (χ0v) is 9.95. The molecule has 0 unspecified atom stereocenters. The fraction of sp³-hybridized carbons (Fsp3) is 0.0909. The number of hydrogen-bond donors (Lipinski definition) is 2. The van der Waals surface area contributed by atoms with Crippen LogP contribution in [0.5, 0.6) is 10.9 Å². The van der Waals surface area contributed by atoms with Crippen LogP contribution in [0.3, 0.4) is 0 Å². The van der Waals surface area contributed by atoms with Gasteiger partial charge in [0.2, 0.25) is 5.91 Å². The molecular weight excluding hydrogens is 238 g/mol. The van der Waals surface area contributed by atoms with Crippen LogP contribution in [0, 0.1) is 6.92 Å². The molecule has 2 rings (SSSR count). The molecule has 0 saturated carbocycles. The molecule has 0 aliphatic heterocycles. The Bertz CT molecular complexity index is 529. The van der Waals surface area contributed by atoms with Crippen molar-refractivity contribution >= 4 is 22.2 Å². The molecule has 0 fully saturated rings. The van der Waals surface area contributed by atoms with Crippen molar-refractivity contribution in [3.05, 3.63) is 35.5 Å². The predicted octanol–water partition coefficient (Wildman–Crippen LogP) is 1.92. The first-order valence-electron chi connectivity index (χ1n) is 4.87. The molecule has 0 bridgehead atoms. The molecule has 2 aromatic rings. The van der Waals surface area contributed by atoms with Gasteiger partial charge in [-0.05, 0) is 31.2 Å². The first-order chi connectivity index (χ1) is 8.06. The Kier molecular flexibility index (Phi) is 2.97. The van der Waals surface area contributed by atoms with Crippen LogP contribution < -0.4 is 16.2 Å². The van der Waals surface area contributed by atoms with Crippen LogP contribution in [-0.4, -0.2) is 10.9 Å². The van der Waals surface area contributed by atoms with Gasteiger partial charge in [0.05, 0.1) is 5.69 Å². The third-order valence-corrected chi connectivity index (χ3v) is 3.02. The molecule has 0 saturated heterocycles. The van der Waals surface area contributed by atoms with Gasteiger partial charge in [-0.25, -0.2) is 4.98 Å². The number of ether oxygens (including phenoxy) is 1. The number of thiazole rings is 1. The number of anilines is 1. The van der Waals surface area contributed by atoms with Crippen molar-refractivity contribution in [1.29, 1.82) is 0 Å². The zero-order chi connectivity index (χ0) is 12.4. The van der Waals surface area contributed by atoms with E-state index in [0.29, 0.717) is 21.5 Å². The molecule has 1 amide bonds. The van der Waals surface area contributed by atoms with E-state index in [4.69, 9.17) is 16.2 Å². The van der Waals surface area contributed by atoms with Crippen LogP contribution in [0.2, 0.25) is 0 Å². The van der Waals surface area contributed by atoms with Gasteiger partial charge in [0.1, 0.15) is 10.8 Å². The summed E-state index contributed by atoms with van der Waals surface area (Å²) in [6, 6.07) is 6.52. The molecule has 1 aromatic carbocycles. The second kappa shape index (κ2) is 4.42. The molecule has 5 nitrogen and oxygen atoms in total. The largest absolute Gasteiger partial charge is 0.431 e. The fourth-order valence-corrected chi connectivity index (χ4v) is 1.92. The molecule has 0 aliphatic carbocycles. The minimum Gasteiger partial charge on any atom is -0.431 e. The van der Waals surface area contributed by atoms with Gasteiger partial charge >= 0.3 is 0 Å². The van der Waals surface area contributed by atoms with Crippen molar-refractivity contribution < 1.29 is 9.53 Å². The number of carbonyl (C=O) groups excluding carboxylic acids is 1. The Balaban J connectivity index is 2.16. The number of hydrogen-bond acceptors (Lipinski definition) is 5. The number of nitrogens with zero attached hydrogens (tertiary/aromatic N) is 1. The van der Waals surface area contributed by atoms with E-state index in [-0.39, 0.29) is 0 Å². The molecule has 0 aliphatic rings. The summed E-state index contributed by atoms with van der Waals surface area (Å²) in [5, 5.41) is 1.11. The number of aromatic nitrogens is 1. The lowest BCUT2D eigenvalue weighted by molar-refractivity contribution is 0.100. The van der Waals surface area contributed by atoms with E-state index in [1.54, 1.807) is 24.3 Å². The number of benzene rings is 1. The number of primary amides is 1. The van der Waals surface area contributed by atoms with E-state index >= 15 is 0 Å². The number of aryl methyl sites for hydroxylation is 1. The van der Waals surface area contributed by atoms with Crippen molar-refractivity contribution in [3.8, 4) is 10.9 Å².